The first kappa shape index (κ1) is 14.6. The number of nitrogens with zero attached hydrogens (tertiary/aromatic N) is 1. The van der Waals surface area contributed by atoms with E-state index in [4.69, 9.17) is 0 Å². The van der Waals surface area contributed by atoms with Gasteiger partial charge in [0.15, 0.2) is 0 Å². The zero-order valence-electron chi connectivity index (χ0n) is 13.1. The fraction of sp³-hybridized carbons (Fsp3) is 0.600. The molecule has 0 aliphatic heterocycles. The summed E-state index contributed by atoms with van der Waals surface area (Å²) in [4.78, 5) is 4.67. The molecule has 0 spiro atoms. The molecule has 1 heteroatoms. The molecule has 1 aromatic carbocycles. The highest BCUT2D eigenvalue weighted by Crippen LogP contribution is 2.38. The molecule has 2 aliphatic rings. The quantitative estimate of drug-likeness (QED) is 0.596. The minimum absolute atomic E-state index is 0.759. The van der Waals surface area contributed by atoms with Gasteiger partial charge in [-0.3, -0.25) is 0 Å². The SMILES string of the molecule is C(=Nc1ccccc1)=C(C1CCCCC1)C1CCCCC1. The van der Waals surface area contributed by atoms with Crippen LogP contribution in [0, 0.1) is 11.8 Å². The molecule has 3 rings (SSSR count). The summed E-state index contributed by atoms with van der Waals surface area (Å²) >= 11 is 0. The molecule has 0 heterocycles. The highest BCUT2D eigenvalue weighted by Gasteiger charge is 2.26. The van der Waals surface area contributed by atoms with E-state index in [9.17, 15) is 0 Å². The molecule has 0 radical (unpaired) electrons. The molecule has 0 saturated heterocycles. The van der Waals surface area contributed by atoms with Crippen LogP contribution in [0.2, 0.25) is 0 Å². The van der Waals surface area contributed by atoms with E-state index in [0.29, 0.717) is 0 Å². The lowest BCUT2D eigenvalue weighted by molar-refractivity contribution is 0.330. The van der Waals surface area contributed by atoms with Gasteiger partial charge in [-0.1, -0.05) is 56.7 Å². The summed E-state index contributed by atoms with van der Waals surface area (Å²) in [6, 6.07) is 10.3. The van der Waals surface area contributed by atoms with Crippen molar-refractivity contribution in [3.63, 3.8) is 0 Å². The maximum Gasteiger partial charge on any atom is 0.0729 e. The van der Waals surface area contributed by atoms with Crippen molar-refractivity contribution in [1.29, 1.82) is 0 Å². The molecule has 112 valence electrons. The first-order valence-electron chi connectivity index (χ1n) is 8.82. The monoisotopic (exact) mass is 281 g/mol. The Balaban J connectivity index is 1.85. The summed E-state index contributed by atoms with van der Waals surface area (Å²) in [7, 11) is 0. The molecule has 0 aromatic heterocycles. The van der Waals surface area contributed by atoms with E-state index < -0.39 is 0 Å². The number of aliphatic imine (C=N–C) groups is 1. The van der Waals surface area contributed by atoms with E-state index in [1.807, 2.05) is 6.07 Å². The number of rotatable bonds is 3. The second-order valence-electron chi connectivity index (χ2n) is 6.68. The molecule has 0 unspecified atom stereocenters. The molecule has 0 bridgehead atoms. The van der Waals surface area contributed by atoms with Crippen molar-refractivity contribution in [2.45, 2.75) is 64.2 Å². The van der Waals surface area contributed by atoms with Crippen molar-refractivity contribution < 1.29 is 0 Å². The van der Waals surface area contributed by atoms with Crippen molar-refractivity contribution in [3.05, 3.63) is 35.9 Å². The standard InChI is InChI=1S/C20H27N/c1-4-10-17(11-5-1)20(18-12-6-2-7-13-18)16-21-19-14-8-3-9-15-19/h3,8-9,14-15,17-18H,1-2,4-7,10-13H2. The number of hydrogen-bond donors (Lipinski definition) is 0. The zero-order valence-corrected chi connectivity index (χ0v) is 13.1. The minimum atomic E-state index is 0.759. The van der Waals surface area contributed by atoms with Gasteiger partial charge in [0.05, 0.1) is 5.69 Å². The molecule has 1 nitrogen and oxygen atoms in total. The Bertz CT molecular complexity index is 464. The Morgan fingerprint density at radius 2 is 1.29 bits per heavy atom. The van der Waals surface area contributed by atoms with Crippen LogP contribution in [0.1, 0.15) is 64.2 Å². The maximum absolute atomic E-state index is 4.67. The zero-order chi connectivity index (χ0) is 14.3. The van der Waals surface area contributed by atoms with Crippen LogP contribution in [0.15, 0.2) is 40.9 Å². The van der Waals surface area contributed by atoms with Crippen LogP contribution in [0.4, 0.5) is 5.69 Å². The summed E-state index contributed by atoms with van der Waals surface area (Å²) in [5.41, 5.74) is 2.60. The van der Waals surface area contributed by atoms with Gasteiger partial charge >= 0.3 is 0 Å². The summed E-state index contributed by atoms with van der Waals surface area (Å²) in [5, 5.41) is 0. The van der Waals surface area contributed by atoms with E-state index in [2.05, 4.69) is 35.1 Å². The second-order valence-corrected chi connectivity index (χ2v) is 6.68. The number of hydrogen-bond acceptors (Lipinski definition) is 1. The van der Waals surface area contributed by atoms with Gasteiger partial charge in [0.2, 0.25) is 0 Å². The maximum atomic E-state index is 4.67. The predicted octanol–water partition coefficient (Wildman–Crippen LogP) is 6.07. The van der Waals surface area contributed by atoms with Crippen LogP contribution >= 0.6 is 0 Å². The molecule has 0 N–H and O–H groups in total. The summed E-state index contributed by atoms with van der Waals surface area (Å²) < 4.78 is 0. The highest BCUT2D eigenvalue weighted by atomic mass is 14.7. The normalized spacial score (nSPS) is 20.8. The van der Waals surface area contributed by atoms with Crippen molar-refractivity contribution in [1.82, 2.24) is 0 Å². The van der Waals surface area contributed by atoms with Crippen molar-refractivity contribution in [3.8, 4) is 0 Å². The van der Waals surface area contributed by atoms with E-state index in [-0.39, 0.29) is 0 Å². The lowest BCUT2D eigenvalue weighted by Gasteiger charge is -2.30. The third-order valence-electron chi connectivity index (χ3n) is 5.16. The molecule has 2 aliphatic carbocycles. The Morgan fingerprint density at radius 3 is 1.81 bits per heavy atom. The Morgan fingerprint density at radius 1 is 0.762 bits per heavy atom. The van der Waals surface area contributed by atoms with Gasteiger partial charge in [-0.15, -0.1) is 0 Å². The lowest BCUT2D eigenvalue weighted by Crippen LogP contribution is -2.19. The Kier molecular flexibility index (Phi) is 5.29. The molecule has 2 fully saturated rings. The van der Waals surface area contributed by atoms with Crippen LogP contribution in [0.3, 0.4) is 0 Å². The van der Waals surface area contributed by atoms with Gasteiger partial charge in [0.1, 0.15) is 0 Å². The number of benzene rings is 1. The summed E-state index contributed by atoms with van der Waals surface area (Å²) in [5.74, 6) is 5.03. The van der Waals surface area contributed by atoms with Crippen LogP contribution in [0.25, 0.3) is 0 Å². The van der Waals surface area contributed by atoms with Crippen LogP contribution in [0.5, 0.6) is 0 Å². The van der Waals surface area contributed by atoms with Crippen molar-refractivity contribution >= 4 is 11.6 Å². The fourth-order valence-corrected chi connectivity index (χ4v) is 3.97. The van der Waals surface area contributed by atoms with Crippen molar-refractivity contribution in [2.24, 2.45) is 16.8 Å². The Hall–Kier alpha value is -1.33. The van der Waals surface area contributed by atoms with Crippen LogP contribution < -0.4 is 0 Å². The molecule has 21 heavy (non-hydrogen) atoms. The molecular formula is C20H27N. The molecule has 1 aromatic rings. The third-order valence-corrected chi connectivity index (χ3v) is 5.16. The average molecular weight is 281 g/mol. The first-order chi connectivity index (χ1) is 10.4. The average Bonchev–Trinajstić information content (AvgIpc) is 2.58. The fourth-order valence-electron chi connectivity index (χ4n) is 3.97. The second kappa shape index (κ2) is 7.61. The Labute approximate surface area is 129 Å². The highest BCUT2D eigenvalue weighted by molar-refractivity contribution is 5.64. The first-order valence-corrected chi connectivity index (χ1v) is 8.82. The smallest absolute Gasteiger partial charge is 0.0729 e. The van der Waals surface area contributed by atoms with Gasteiger partial charge in [-0.25, -0.2) is 4.99 Å². The van der Waals surface area contributed by atoms with Gasteiger partial charge < -0.3 is 0 Å². The number of para-hydroxylation sites is 1. The van der Waals surface area contributed by atoms with Gasteiger partial charge in [0, 0.05) is 0 Å². The molecule has 0 amide bonds. The van der Waals surface area contributed by atoms with Gasteiger partial charge in [-0.05, 0) is 61.1 Å². The van der Waals surface area contributed by atoms with E-state index in [0.717, 1.165) is 17.5 Å². The number of allylic oxidation sites excluding steroid dienone is 1. The lowest BCUT2D eigenvalue weighted by atomic mass is 9.74. The van der Waals surface area contributed by atoms with Crippen molar-refractivity contribution in [2.75, 3.05) is 0 Å². The van der Waals surface area contributed by atoms with Gasteiger partial charge in [-0.2, -0.15) is 0 Å². The minimum Gasteiger partial charge on any atom is -0.206 e. The third kappa shape index (κ3) is 4.08. The van der Waals surface area contributed by atoms with Crippen LogP contribution in [-0.4, -0.2) is 5.87 Å². The van der Waals surface area contributed by atoms with E-state index in [1.54, 1.807) is 5.57 Å². The predicted molar refractivity (Wildman–Crippen MR) is 90.2 cm³/mol. The molecular weight excluding hydrogens is 254 g/mol. The summed E-state index contributed by atoms with van der Waals surface area (Å²) in [6.45, 7) is 0. The van der Waals surface area contributed by atoms with E-state index >= 15 is 0 Å². The van der Waals surface area contributed by atoms with Crippen LogP contribution in [-0.2, 0) is 0 Å². The topological polar surface area (TPSA) is 12.4 Å². The summed E-state index contributed by atoms with van der Waals surface area (Å²) in [6.07, 6.45) is 13.9. The van der Waals surface area contributed by atoms with Gasteiger partial charge in [0.25, 0.3) is 0 Å². The largest absolute Gasteiger partial charge is 0.206 e. The van der Waals surface area contributed by atoms with E-state index in [1.165, 1.54) is 64.2 Å². The molecule has 2 saturated carbocycles. The molecule has 0 atom stereocenters.